The maximum absolute atomic E-state index is 12.7. The van der Waals surface area contributed by atoms with Gasteiger partial charge in [0.1, 0.15) is 16.9 Å². The monoisotopic (exact) mass is 634 g/mol. The van der Waals surface area contributed by atoms with Crippen LogP contribution in [0.1, 0.15) is 69.7 Å². The van der Waals surface area contributed by atoms with Gasteiger partial charge in [-0.2, -0.15) is 0 Å². The van der Waals surface area contributed by atoms with Gasteiger partial charge in [-0.25, -0.2) is 0 Å². The van der Waals surface area contributed by atoms with E-state index in [-0.39, 0.29) is 11.8 Å². The van der Waals surface area contributed by atoms with Crippen LogP contribution in [-0.4, -0.2) is 45.5 Å². The number of aliphatic hydroxyl groups excluding tert-OH is 4. The molecule has 0 saturated carbocycles. The van der Waals surface area contributed by atoms with Gasteiger partial charge >= 0.3 is 0 Å². The van der Waals surface area contributed by atoms with Crippen LogP contribution in [0, 0.1) is 5.41 Å². The first-order chi connectivity index (χ1) is 22.7. The van der Waals surface area contributed by atoms with E-state index in [1.165, 1.54) is 23.3 Å². The average Bonchev–Trinajstić information content (AvgIpc) is 3.08. The number of rotatable bonds is 14. The SMILES string of the molecule is CCCc1ccc(NC(=O)c2ccc(C=C(O)C(CO)(CO)C(O)=Cc3ccc(C(=O)Nc4ccc(CCC)cc4)cc3)cc2)cc1. The minimum Gasteiger partial charge on any atom is -0.511 e. The Balaban J connectivity index is 1.44. The first-order valence-electron chi connectivity index (χ1n) is 15.8. The third-order valence-corrected chi connectivity index (χ3v) is 7.97. The van der Waals surface area contributed by atoms with E-state index < -0.39 is 30.1 Å². The molecule has 0 aliphatic rings. The Hall–Kier alpha value is -5.18. The molecule has 4 aromatic rings. The van der Waals surface area contributed by atoms with Crippen molar-refractivity contribution in [3.8, 4) is 0 Å². The van der Waals surface area contributed by atoms with Crippen LogP contribution in [0.4, 0.5) is 11.4 Å². The lowest BCUT2D eigenvalue weighted by Crippen LogP contribution is -2.34. The van der Waals surface area contributed by atoms with Crippen LogP contribution < -0.4 is 10.6 Å². The minimum atomic E-state index is -1.89. The predicted molar refractivity (Wildman–Crippen MR) is 187 cm³/mol. The lowest BCUT2D eigenvalue weighted by Gasteiger charge is -2.28. The molecular weight excluding hydrogens is 592 g/mol. The third-order valence-electron chi connectivity index (χ3n) is 7.97. The summed E-state index contributed by atoms with van der Waals surface area (Å²) < 4.78 is 0. The number of benzene rings is 4. The van der Waals surface area contributed by atoms with E-state index in [1.807, 2.05) is 48.5 Å². The summed E-state index contributed by atoms with van der Waals surface area (Å²) in [7, 11) is 0. The highest BCUT2D eigenvalue weighted by molar-refractivity contribution is 6.05. The van der Waals surface area contributed by atoms with Gasteiger partial charge in [-0.1, -0.05) is 75.2 Å². The highest BCUT2D eigenvalue weighted by Gasteiger charge is 2.38. The van der Waals surface area contributed by atoms with Gasteiger partial charge in [0.25, 0.3) is 11.8 Å². The standard InChI is InChI=1S/C39H42N2O6/c1-3-5-27-11-19-33(20-12-27)40-37(46)31-15-7-29(8-16-31)23-35(44)39(25-42,26-43)36(45)24-30-9-17-32(18-10-30)38(47)41-34-21-13-28(6-4-2)14-22-34/h7-24,42-45H,3-6,25-26H2,1-2H3,(H,40,46)(H,41,47). The second-order valence-corrected chi connectivity index (χ2v) is 11.5. The molecule has 0 heterocycles. The molecule has 4 aromatic carbocycles. The van der Waals surface area contributed by atoms with Gasteiger partial charge in [-0.15, -0.1) is 0 Å². The van der Waals surface area contributed by atoms with Crippen molar-refractivity contribution >= 4 is 35.3 Å². The molecular formula is C39H42N2O6. The van der Waals surface area contributed by atoms with Crippen molar-refractivity contribution in [2.45, 2.75) is 39.5 Å². The van der Waals surface area contributed by atoms with E-state index in [0.717, 1.165) is 25.7 Å². The molecule has 8 heteroatoms. The van der Waals surface area contributed by atoms with Gasteiger partial charge in [0, 0.05) is 22.5 Å². The van der Waals surface area contributed by atoms with Crippen LogP contribution in [0.3, 0.4) is 0 Å². The summed E-state index contributed by atoms with van der Waals surface area (Å²) >= 11 is 0. The summed E-state index contributed by atoms with van der Waals surface area (Å²) in [5, 5.41) is 48.2. The van der Waals surface area contributed by atoms with Crippen molar-refractivity contribution < 1.29 is 30.0 Å². The fourth-order valence-electron chi connectivity index (χ4n) is 5.05. The Morgan fingerprint density at radius 2 is 0.915 bits per heavy atom. The van der Waals surface area contributed by atoms with E-state index >= 15 is 0 Å². The second kappa shape index (κ2) is 16.4. The van der Waals surface area contributed by atoms with Crippen LogP contribution in [0.25, 0.3) is 12.2 Å². The molecule has 244 valence electrons. The van der Waals surface area contributed by atoms with Gasteiger partial charge in [0.2, 0.25) is 0 Å². The van der Waals surface area contributed by atoms with Crippen molar-refractivity contribution in [3.05, 3.63) is 142 Å². The number of aryl methyl sites for hydroxylation is 2. The van der Waals surface area contributed by atoms with Gasteiger partial charge in [-0.3, -0.25) is 9.59 Å². The Morgan fingerprint density at radius 1 is 0.574 bits per heavy atom. The smallest absolute Gasteiger partial charge is 0.255 e. The molecule has 47 heavy (non-hydrogen) atoms. The summed E-state index contributed by atoms with van der Waals surface area (Å²) in [5.41, 5.74) is 3.65. The molecule has 6 N–H and O–H groups in total. The van der Waals surface area contributed by atoms with Crippen LogP contribution >= 0.6 is 0 Å². The summed E-state index contributed by atoms with van der Waals surface area (Å²) in [4.78, 5) is 25.5. The van der Waals surface area contributed by atoms with Gasteiger partial charge in [0.05, 0.1) is 13.2 Å². The molecule has 0 fully saturated rings. The Kier molecular flexibility index (Phi) is 12.1. The van der Waals surface area contributed by atoms with Gasteiger partial charge < -0.3 is 31.1 Å². The predicted octanol–water partition coefficient (Wildman–Crippen LogP) is 7.57. The minimum absolute atomic E-state index is 0.293. The molecule has 4 rings (SSSR count). The summed E-state index contributed by atoms with van der Waals surface area (Å²) in [5.74, 6) is -1.53. The number of aliphatic hydroxyl groups is 4. The number of carbonyl (C=O) groups is 2. The summed E-state index contributed by atoms with van der Waals surface area (Å²) in [6, 6.07) is 28.2. The molecule has 8 nitrogen and oxygen atoms in total. The number of anilines is 2. The number of hydrogen-bond donors (Lipinski definition) is 6. The fraction of sp³-hybridized carbons (Fsp3) is 0.231. The molecule has 0 atom stereocenters. The number of hydrogen-bond acceptors (Lipinski definition) is 6. The van der Waals surface area contributed by atoms with E-state index in [9.17, 15) is 30.0 Å². The second-order valence-electron chi connectivity index (χ2n) is 11.5. The summed E-state index contributed by atoms with van der Waals surface area (Å²) in [6.45, 7) is 2.65. The van der Waals surface area contributed by atoms with Crippen LogP contribution in [0.2, 0.25) is 0 Å². The number of amides is 2. The lowest BCUT2D eigenvalue weighted by atomic mass is 9.83. The first kappa shape index (κ1) is 34.7. The van der Waals surface area contributed by atoms with Crippen LogP contribution in [0.15, 0.2) is 109 Å². The molecule has 0 saturated heterocycles. The molecule has 0 spiro atoms. The van der Waals surface area contributed by atoms with E-state index in [0.29, 0.717) is 33.6 Å². The van der Waals surface area contributed by atoms with Crippen molar-refractivity contribution in [1.29, 1.82) is 0 Å². The van der Waals surface area contributed by atoms with E-state index in [1.54, 1.807) is 48.5 Å². The summed E-state index contributed by atoms with van der Waals surface area (Å²) in [6.07, 6.45) is 6.65. The fourth-order valence-corrected chi connectivity index (χ4v) is 5.05. The highest BCUT2D eigenvalue weighted by Crippen LogP contribution is 2.34. The Morgan fingerprint density at radius 3 is 1.21 bits per heavy atom. The average molecular weight is 635 g/mol. The largest absolute Gasteiger partial charge is 0.511 e. The molecule has 0 aromatic heterocycles. The van der Waals surface area contributed by atoms with Gasteiger partial charge in [-0.05, 0) is 95.8 Å². The topological polar surface area (TPSA) is 139 Å². The quantitative estimate of drug-likeness (QED) is 0.0792. The number of nitrogens with one attached hydrogen (secondary N) is 2. The maximum Gasteiger partial charge on any atom is 0.255 e. The third kappa shape index (κ3) is 8.97. The van der Waals surface area contributed by atoms with E-state index in [2.05, 4.69) is 24.5 Å². The molecule has 0 unspecified atom stereocenters. The Labute approximate surface area is 275 Å². The van der Waals surface area contributed by atoms with Crippen molar-refractivity contribution in [3.63, 3.8) is 0 Å². The molecule has 0 aliphatic heterocycles. The van der Waals surface area contributed by atoms with Crippen LogP contribution in [0.5, 0.6) is 0 Å². The Bertz CT molecular complexity index is 1560. The zero-order valence-corrected chi connectivity index (χ0v) is 26.7. The van der Waals surface area contributed by atoms with Crippen molar-refractivity contribution in [2.75, 3.05) is 23.8 Å². The molecule has 0 radical (unpaired) electrons. The molecule has 0 bridgehead atoms. The van der Waals surface area contributed by atoms with Crippen molar-refractivity contribution in [2.24, 2.45) is 5.41 Å². The van der Waals surface area contributed by atoms with Gasteiger partial charge in [0.15, 0.2) is 0 Å². The normalized spacial score (nSPS) is 12.1. The zero-order chi connectivity index (χ0) is 33.8. The highest BCUT2D eigenvalue weighted by atomic mass is 16.3. The zero-order valence-electron chi connectivity index (χ0n) is 26.7. The first-order valence-corrected chi connectivity index (χ1v) is 15.8. The number of carbonyl (C=O) groups excluding carboxylic acids is 2. The molecule has 2 amide bonds. The maximum atomic E-state index is 12.7. The molecule has 0 aliphatic carbocycles. The van der Waals surface area contributed by atoms with Crippen molar-refractivity contribution in [1.82, 2.24) is 0 Å². The van der Waals surface area contributed by atoms with Crippen LogP contribution in [-0.2, 0) is 12.8 Å². The van der Waals surface area contributed by atoms with E-state index in [4.69, 9.17) is 0 Å². The lowest BCUT2D eigenvalue weighted by molar-refractivity contribution is 0.0487.